The van der Waals surface area contributed by atoms with E-state index in [2.05, 4.69) is 38.2 Å². The molecule has 1 aromatic rings. The van der Waals surface area contributed by atoms with Gasteiger partial charge in [0, 0.05) is 6.54 Å². The van der Waals surface area contributed by atoms with Crippen LogP contribution in [-0.4, -0.2) is 19.1 Å². The quantitative estimate of drug-likeness (QED) is 0.734. The van der Waals surface area contributed by atoms with Crippen LogP contribution in [0.3, 0.4) is 0 Å². The molecule has 1 amide bonds. The van der Waals surface area contributed by atoms with Crippen LogP contribution in [0.4, 0.5) is 0 Å². The number of carbonyl (C=O) groups is 1. The van der Waals surface area contributed by atoms with E-state index in [1.165, 1.54) is 0 Å². The fourth-order valence-corrected chi connectivity index (χ4v) is 2.04. The van der Waals surface area contributed by atoms with Crippen LogP contribution in [0, 0.1) is 6.92 Å². The second kappa shape index (κ2) is 8.62. The molecule has 112 valence electrons. The number of nitrogens with one attached hydrogen (secondary N) is 1. The minimum Gasteiger partial charge on any atom is -0.483 e. The molecule has 0 aliphatic carbocycles. The maximum atomic E-state index is 11.7. The lowest BCUT2D eigenvalue weighted by Gasteiger charge is -2.14. The van der Waals surface area contributed by atoms with Crippen molar-refractivity contribution < 1.29 is 9.53 Å². The smallest absolute Gasteiger partial charge is 0.257 e. The van der Waals surface area contributed by atoms with E-state index in [0.717, 1.165) is 42.7 Å². The van der Waals surface area contributed by atoms with Crippen LogP contribution in [0.1, 0.15) is 57.1 Å². The van der Waals surface area contributed by atoms with Crippen molar-refractivity contribution in [2.45, 2.75) is 52.9 Å². The molecule has 3 nitrogen and oxygen atoms in total. The molecule has 1 aromatic carbocycles. The van der Waals surface area contributed by atoms with Crippen LogP contribution in [-0.2, 0) is 4.79 Å². The van der Waals surface area contributed by atoms with Crippen LogP contribution in [0.25, 0.3) is 0 Å². The molecule has 3 heteroatoms. The van der Waals surface area contributed by atoms with Crippen LogP contribution >= 0.6 is 0 Å². The minimum atomic E-state index is -0.0442. The Bertz CT molecular complexity index is 427. The molecule has 20 heavy (non-hydrogen) atoms. The molecule has 1 N–H and O–H groups in total. The Kier molecular flexibility index (Phi) is 7.13. The zero-order chi connectivity index (χ0) is 15.0. The predicted octanol–water partition coefficient (Wildman–Crippen LogP) is 3.80. The fourth-order valence-electron chi connectivity index (χ4n) is 2.04. The van der Waals surface area contributed by atoms with Gasteiger partial charge in [0.05, 0.1) is 0 Å². The normalized spacial score (nSPS) is 10.7. The number of ether oxygens (including phenoxy) is 1. The average Bonchev–Trinajstić information content (AvgIpc) is 2.41. The Morgan fingerprint density at radius 2 is 2.05 bits per heavy atom. The van der Waals surface area contributed by atoms with Gasteiger partial charge in [-0.3, -0.25) is 4.79 Å². The molecule has 0 aromatic heterocycles. The molecule has 0 spiro atoms. The lowest BCUT2D eigenvalue weighted by Crippen LogP contribution is -2.29. The summed E-state index contributed by atoms with van der Waals surface area (Å²) in [5, 5.41) is 2.89. The van der Waals surface area contributed by atoms with Gasteiger partial charge in [-0.2, -0.15) is 0 Å². The SMILES string of the molecule is CCCCCNC(=O)COc1cc(C)ccc1C(C)C. The van der Waals surface area contributed by atoms with Crippen molar-refractivity contribution in [3.8, 4) is 5.75 Å². The van der Waals surface area contributed by atoms with Gasteiger partial charge in [0.25, 0.3) is 5.91 Å². The summed E-state index contributed by atoms with van der Waals surface area (Å²) in [6.07, 6.45) is 3.34. The molecule has 0 fully saturated rings. The van der Waals surface area contributed by atoms with Gasteiger partial charge in [-0.1, -0.05) is 45.7 Å². The highest BCUT2D eigenvalue weighted by molar-refractivity contribution is 5.77. The van der Waals surface area contributed by atoms with Gasteiger partial charge in [-0.25, -0.2) is 0 Å². The Morgan fingerprint density at radius 1 is 1.30 bits per heavy atom. The first kappa shape index (κ1) is 16.5. The average molecular weight is 277 g/mol. The first-order chi connectivity index (χ1) is 9.54. The van der Waals surface area contributed by atoms with E-state index in [4.69, 9.17) is 4.74 Å². The molecule has 0 atom stereocenters. The van der Waals surface area contributed by atoms with Crippen LogP contribution in [0.5, 0.6) is 5.75 Å². The number of amides is 1. The van der Waals surface area contributed by atoms with E-state index >= 15 is 0 Å². The molecule has 0 unspecified atom stereocenters. The maximum Gasteiger partial charge on any atom is 0.257 e. The van der Waals surface area contributed by atoms with E-state index in [9.17, 15) is 4.79 Å². The lowest BCUT2D eigenvalue weighted by molar-refractivity contribution is -0.123. The highest BCUT2D eigenvalue weighted by Gasteiger charge is 2.09. The Morgan fingerprint density at radius 3 is 2.70 bits per heavy atom. The Balaban J connectivity index is 2.48. The number of rotatable bonds is 8. The molecule has 0 aliphatic rings. The van der Waals surface area contributed by atoms with Gasteiger partial charge in [0.2, 0.25) is 0 Å². The van der Waals surface area contributed by atoms with Crippen molar-refractivity contribution in [3.63, 3.8) is 0 Å². The molecule has 0 saturated carbocycles. The first-order valence-electron chi connectivity index (χ1n) is 7.54. The number of benzene rings is 1. The Hall–Kier alpha value is -1.51. The van der Waals surface area contributed by atoms with Crippen LogP contribution < -0.4 is 10.1 Å². The first-order valence-corrected chi connectivity index (χ1v) is 7.54. The summed E-state index contributed by atoms with van der Waals surface area (Å²) in [5.41, 5.74) is 2.29. The third-order valence-electron chi connectivity index (χ3n) is 3.25. The number of aryl methyl sites for hydroxylation is 1. The molecular formula is C17H27NO2. The third kappa shape index (κ3) is 5.64. The number of hydrogen-bond acceptors (Lipinski definition) is 2. The van der Waals surface area contributed by atoms with Crippen molar-refractivity contribution in [1.29, 1.82) is 0 Å². The van der Waals surface area contributed by atoms with E-state index in [1.54, 1.807) is 0 Å². The van der Waals surface area contributed by atoms with E-state index < -0.39 is 0 Å². The zero-order valence-corrected chi connectivity index (χ0v) is 13.2. The minimum absolute atomic E-state index is 0.0442. The molecular weight excluding hydrogens is 250 g/mol. The van der Waals surface area contributed by atoms with Gasteiger partial charge in [-0.05, 0) is 36.5 Å². The molecule has 1 rings (SSSR count). The van der Waals surface area contributed by atoms with Gasteiger partial charge in [0.15, 0.2) is 6.61 Å². The summed E-state index contributed by atoms with van der Waals surface area (Å²) in [6.45, 7) is 9.26. The van der Waals surface area contributed by atoms with Gasteiger partial charge in [0.1, 0.15) is 5.75 Å². The monoisotopic (exact) mass is 277 g/mol. The third-order valence-corrected chi connectivity index (χ3v) is 3.25. The summed E-state index contributed by atoms with van der Waals surface area (Å²) in [6, 6.07) is 6.15. The molecule has 0 radical (unpaired) electrons. The van der Waals surface area contributed by atoms with E-state index in [-0.39, 0.29) is 12.5 Å². The zero-order valence-electron chi connectivity index (χ0n) is 13.2. The topological polar surface area (TPSA) is 38.3 Å². The Labute approximate surface area is 122 Å². The number of carbonyl (C=O) groups excluding carboxylic acids is 1. The highest BCUT2D eigenvalue weighted by Crippen LogP contribution is 2.27. The predicted molar refractivity (Wildman–Crippen MR) is 83.3 cm³/mol. The molecule has 0 heterocycles. The fraction of sp³-hybridized carbons (Fsp3) is 0.588. The van der Waals surface area contributed by atoms with E-state index in [0.29, 0.717) is 5.92 Å². The van der Waals surface area contributed by atoms with Gasteiger partial charge >= 0.3 is 0 Å². The van der Waals surface area contributed by atoms with Gasteiger partial charge < -0.3 is 10.1 Å². The summed E-state index contributed by atoms with van der Waals surface area (Å²) in [7, 11) is 0. The van der Waals surface area contributed by atoms with Crippen molar-refractivity contribution >= 4 is 5.91 Å². The summed E-state index contributed by atoms with van der Waals surface area (Å²) >= 11 is 0. The summed E-state index contributed by atoms with van der Waals surface area (Å²) < 4.78 is 5.69. The molecule has 0 aliphatic heterocycles. The second-order valence-electron chi connectivity index (χ2n) is 5.54. The standard InChI is InChI=1S/C17H27NO2/c1-5-6-7-10-18-17(19)12-20-16-11-14(4)8-9-15(16)13(2)3/h8-9,11,13H,5-7,10,12H2,1-4H3,(H,18,19). The van der Waals surface area contributed by atoms with Crippen molar-refractivity contribution in [2.75, 3.05) is 13.2 Å². The largest absolute Gasteiger partial charge is 0.483 e. The highest BCUT2D eigenvalue weighted by atomic mass is 16.5. The lowest BCUT2D eigenvalue weighted by atomic mass is 10.0. The van der Waals surface area contributed by atoms with Crippen molar-refractivity contribution in [3.05, 3.63) is 29.3 Å². The molecule has 0 bridgehead atoms. The van der Waals surface area contributed by atoms with Crippen LogP contribution in [0.15, 0.2) is 18.2 Å². The van der Waals surface area contributed by atoms with Crippen molar-refractivity contribution in [1.82, 2.24) is 5.32 Å². The van der Waals surface area contributed by atoms with Crippen molar-refractivity contribution in [2.24, 2.45) is 0 Å². The number of unbranched alkanes of at least 4 members (excludes halogenated alkanes) is 2. The molecule has 0 saturated heterocycles. The van der Waals surface area contributed by atoms with E-state index in [1.807, 2.05) is 13.0 Å². The van der Waals surface area contributed by atoms with Gasteiger partial charge in [-0.15, -0.1) is 0 Å². The number of hydrogen-bond donors (Lipinski definition) is 1. The summed E-state index contributed by atoms with van der Waals surface area (Å²) in [5.74, 6) is 1.17. The second-order valence-corrected chi connectivity index (χ2v) is 5.54. The summed E-state index contributed by atoms with van der Waals surface area (Å²) in [4.78, 5) is 11.7. The van der Waals surface area contributed by atoms with Crippen LogP contribution in [0.2, 0.25) is 0 Å². The maximum absolute atomic E-state index is 11.7.